The van der Waals surface area contributed by atoms with Crippen molar-refractivity contribution in [2.45, 2.75) is 50.1 Å². The van der Waals surface area contributed by atoms with Crippen molar-refractivity contribution in [3.8, 4) is 0 Å². The van der Waals surface area contributed by atoms with Gasteiger partial charge in [0.25, 0.3) is 5.91 Å². The number of halogens is 1. The van der Waals surface area contributed by atoms with Gasteiger partial charge in [0.05, 0.1) is 6.04 Å². The van der Waals surface area contributed by atoms with Crippen LogP contribution in [-0.4, -0.2) is 73.0 Å². The van der Waals surface area contributed by atoms with E-state index in [1.165, 1.54) is 30.4 Å². The summed E-state index contributed by atoms with van der Waals surface area (Å²) in [5, 5.41) is 7.33. The van der Waals surface area contributed by atoms with Crippen LogP contribution in [0.1, 0.15) is 59.5 Å². The van der Waals surface area contributed by atoms with E-state index in [0.29, 0.717) is 30.2 Å². The van der Waals surface area contributed by atoms with Gasteiger partial charge in [0, 0.05) is 48.7 Å². The number of piperidine rings is 1. The third-order valence-electron chi connectivity index (χ3n) is 8.40. The first-order valence-electron chi connectivity index (χ1n) is 15.0. The number of hydrogen-bond acceptors (Lipinski definition) is 4. The van der Waals surface area contributed by atoms with Crippen molar-refractivity contribution in [2.24, 2.45) is 0 Å². The highest BCUT2D eigenvalue weighted by molar-refractivity contribution is 6.30. The molecule has 2 amide bonds. The zero-order chi connectivity index (χ0) is 28.4. The number of hydrogen-bond donors (Lipinski definition) is 2. The molecule has 2 aliphatic heterocycles. The minimum atomic E-state index is -0.288. The van der Waals surface area contributed by atoms with E-state index in [0.717, 1.165) is 32.5 Å². The highest BCUT2D eigenvalue weighted by Crippen LogP contribution is 2.27. The number of nitrogens with one attached hydrogen (secondary N) is 2. The second kappa shape index (κ2) is 14.6. The second-order valence-electron chi connectivity index (χ2n) is 11.3. The van der Waals surface area contributed by atoms with Gasteiger partial charge in [-0.3, -0.25) is 9.59 Å². The van der Waals surface area contributed by atoms with E-state index < -0.39 is 0 Å². The van der Waals surface area contributed by atoms with Crippen LogP contribution in [0.4, 0.5) is 0 Å². The van der Waals surface area contributed by atoms with Gasteiger partial charge >= 0.3 is 0 Å². The van der Waals surface area contributed by atoms with Gasteiger partial charge in [-0.2, -0.15) is 0 Å². The van der Waals surface area contributed by atoms with Crippen LogP contribution in [0.25, 0.3) is 0 Å². The highest BCUT2D eigenvalue weighted by atomic mass is 35.5. The Bertz CT molecular complexity index is 1210. The summed E-state index contributed by atoms with van der Waals surface area (Å²) in [5.74, 6) is 0.115. The predicted octanol–water partition coefficient (Wildman–Crippen LogP) is 5.34. The van der Waals surface area contributed by atoms with Crippen molar-refractivity contribution >= 4 is 23.4 Å². The number of nitrogens with zero attached hydrogens (tertiary/aromatic N) is 2. The molecule has 5 rings (SSSR count). The zero-order valence-electron chi connectivity index (χ0n) is 23.7. The number of benzene rings is 3. The molecule has 0 aromatic heterocycles. The second-order valence-corrected chi connectivity index (χ2v) is 11.7. The molecule has 7 heteroatoms. The number of amides is 2. The number of carbonyl (C=O) groups is 2. The van der Waals surface area contributed by atoms with Gasteiger partial charge in [-0.05, 0) is 74.2 Å². The van der Waals surface area contributed by atoms with E-state index in [1.54, 1.807) is 24.3 Å². The minimum absolute atomic E-state index is 0.00143. The van der Waals surface area contributed by atoms with Crippen molar-refractivity contribution in [2.75, 3.05) is 39.3 Å². The van der Waals surface area contributed by atoms with Crippen LogP contribution in [0.2, 0.25) is 5.02 Å². The van der Waals surface area contributed by atoms with Crippen LogP contribution in [0.5, 0.6) is 0 Å². The summed E-state index contributed by atoms with van der Waals surface area (Å²) < 4.78 is 0. The lowest BCUT2D eigenvalue weighted by Gasteiger charge is -2.31. The topological polar surface area (TPSA) is 64.7 Å². The molecule has 0 unspecified atom stereocenters. The summed E-state index contributed by atoms with van der Waals surface area (Å²) in [7, 11) is 0. The molecule has 3 aromatic rings. The van der Waals surface area contributed by atoms with Crippen molar-refractivity contribution in [1.29, 1.82) is 0 Å². The van der Waals surface area contributed by atoms with E-state index in [1.807, 2.05) is 12.1 Å². The third kappa shape index (κ3) is 8.19. The van der Waals surface area contributed by atoms with Gasteiger partial charge in [-0.1, -0.05) is 78.7 Å². The van der Waals surface area contributed by atoms with Gasteiger partial charge in [0.15, 0.2) is 0 Å². The average Bonchev–Trinajstić information content (AvgIpc) is 3.17. The quantitative estimate of drug-likeness (QED) is 0.344. The normalized spacial score (nSPS) is 20.1. The van der Waals surface area contributed by atoms with Crippen LogP contribution < -0.4 is 10.6 Å². The molecule has 2 saturated heterocycles. The molecule has 0 saturated carbocycles. The molecular weight excluding hydrogens is 532 g/mol. The van der Waals surface area contributed by atoms with Crippen molar-refractivity contribution in [1.82, 2.24) is 20.4 Å². The molecule has 0 radical (unpaired) electrons. The first-order chi connectivity index (χ1) is 20.1. The lowest BCUT2D eigenvalue weighted by molar-refractivity contribution is -0.133. The smallest absolute Gasteiger partial charge is 0.251 e. The molecule has 216 valence electrons. The molecule has 2 heterocycles. The Morgan fingerprint density at radius 2 is 1.51 bits per heavy atom. The van der Waals surface area contributed by atoms with Crippen LogP contribution in [0, 0.1) is 0 Å². The molecule has 2 atom stereocenters. The van der Waals surface area contributed by atoms with E-state index in [2.05, 4.69) is 69.0 Å². The average molecular weight is 573 g/mol. The van der Waals surface area contributed by atoms with Crippen molar-refractivity contribution in [3.63, 3.8) is 0 Å². The highest BCUT2D eigenvalue weighted by Gasteiger charge is 2.33. The standard InChI is InChI=1S/C34H41ClN4O2/c35-29-16-14-28(15-17-29)33(40)36-24-30-18-23-39(34(41)32(37-30)19-22-38-20-8-3-9-21-38)25-31(26-10-4-1-5-11-26)27-12-6-2-7-13-27/h1-2,4-7,10-17,30-32,37H,3,8-9,18-25H2,(H,36,40)/t30-,32-/m0/s1. The number of rotatable bonds is 10. The monoisotopic (exact) mass is 572 g/mol. The molecule has 2 N–H and O–H groups in total. The van der Waals surface area contributed by atoms with E-state index in [9.17, 15) is 9.59 Å². The van der Waals surface area contributed by atoms with Crippen molar-refractivity contribution < 1.29 is 9.59 Å². The molecule has 41 heavy (non-hydrogen) atoms. The molecule has 3 aromatic carbocycles. The van der Waals surface area contributed by atoms with E-state index >= 15 is 0 Å². The maximum Gasteiger partial charge on any atom is 0.251 e. The van der Waals surface area contributed by atoms with E-state index in [-0.39, 0.29) is 29.8 Å². The molecule has 2 aliphatic rings. The first kappa shape index (κ1) is 29.3. The summed E-state index contributed by atoms with van der Waals surface area (Å²) in [4.78, 5) is 31.5. The minimum Gasteiger partial charge on any atom is -0.350 e. The Labute approximate surface area is 249 Å². The summed E-state index contributed by atoms with van der Waals surface area (Å²) in [5.41, 5.74) is 3.00. The Hall–Kier alpha value is -3.19. The largest absolute Gasteiger partial charge is 0.350 e. The Morgan fingerprint density at radius 3 is 2.15 bits per heavy atom. The molecule has 6 nitrogen and oxygen atoms in total. The zero-order valence-corrected chi connectivity index (χ0v) is 24.4. The summed E-state index contributed by atoms with van der Waals surface area (Å²) in [6, 6.07) is 27.6. The van der Waals surface area contributed by atoms with E-state index in [4.69, 9.17) is 11.6 Å². The fourth-order valence-corrected chi connectivity index (χ4v) is 6.16. The molecule has 0 bridgehead atoms. The predicted molar refractivity (Wildman–Crippen MR) is 165 cm³/mol. The SMILES string of the molecule is O=C(NC[C@@H]1CCN(CC(c2ccccc2)c2ccccc2)C(=O)[C@H](CCN2CCCCC2)N1)c1ccc(Cl)cc1. The van der Waals surface area contributed by atoms with Crippen LogP contribution in [0.15, 0.2) is 84.9 Å². The molecule has 0 aliphatic carbocycles. The number of carbonyl (C=O) groups excluding carboxylic acids is 2. The first-order valence-corrected chi connectivity index (χ1v) is 15.4. The Balaban J connectivity index is 1.31. The van der Waals surface area contributed by atoms with Gasteiger partial charge in [0.2, 0.25) is 5.91 Å². The maximum absolute atomic E-state index is 14.1. The van der Waals surface area contributed by atoms with Gasteiger partial charge < -0.3 is 20.4 Å². The van der Waals surface area contributed by atoms with Crippen LogP contribution in [-0.2, 0) is 4.79 Å². The van der Waals surface area contributed by atoms with Gasteiger partial charge in [0.1, 0.15) is 0 Å². The maximum atomic E-state index is 14.1. The summed E-state index contributed by atoms with van der Waals surface area (Å²) >= 11 is 5.99. The fourth-order valence-electron chi connectivity index (χ4n) is 6.04. The lowest BCUT2D eigenvalue weighted by Crippen LogP contribution is -2.50. The Morgan fingerprint density at radius 1 is 0.878 bits per heavy atom. The third-order valence-corrected chi connectivity index (χ3v) is 8.65. The van der Waals surface area contributed by atoms with Crippen LogP contribution in [0.3, 0.4) is 0 Å². The fraction of sp³-hybridized carbons (Fsp3) is 0.412. The molecular formula is C34H41ClN4O2. The summed E-state index contributed by atoms with van der Waals surface area (Å²) in [6.07, 6.45) is 5.28. The van der Waals surface area contributed by atoms with Gasteiger partial charge in [-0.15, -0.1) is 0 Å². The van der Waals surface area contributed by atoms with Crippen molar-refractivity contribution in [3.05, 3.63) is 107 Å². The van der Waals surface area contributed by atoms with Gasteiger partial charge in [-0.25, -0.2) is 0 Å². The van der Waals surface area contributed by atoms with Crippen LogP contribution >= 0.6 is 11.6 Å². The Kier molecular flexibility index (Phi) is 10.5. The number of likely N-dealkylation sites (tertiary alicyclic amines) is 1. The lowest BCUT2D eigenvalue weighted by atomic mass is 9.90. The molecule has 2 fully saturated rings. The molecule has 0 spiro atoms. The summed E-state index contributed by atoms with van der Waals surface area (Å²) in [6.45, 7) is 4.85.